The normalized spacial score (nSPS) is 28.1. The van der Waals surface area contributed by atoms with Crippen LogP contribution in [0.5, 0.6) is 0 Å². The predicted octanol–water partition coefficient (Wildman–Crippen LogP) is 0.257. The highest BCUT2D eigenvalue weighted by Gasteiger charge is 2.64. The Morgan fingerprint density at radius 2 is 2.13 bits per heavy atom. The van der Waals surface area contributed by atoms with Gasteiger partial charge in [-0.1, -0.05) is 5.16 Å². The van der Waals surface area contributed by atoms with Gasteiger partial charge >= 0.3 is 5.97 Å². The number of amides is 2. The summed E-state index contributed by atoms with van der Waals surface area (Å²) in [5.74, 6) is -2.14. The van der Waals surface area contributed by atoms with E-state index in [0.29, 0.717) is 26.1 Å². The third kappa shape index (κ3) is 4.08. The van der Waals surface area contributed by atoms with Gasteiger partial charge in [0.1, 0.15) is 29.3 Å². The molecule has 0 aromatic carbocycles. The molecule has 0 radical (unpaired) electrons. The molecule has 1 aromatic heterocycles. The van der Waals surface area contributed by atoms with Gasteiger partial charge in [-0.15, -0.1) is 23.1 Å². The van der Waals surface area contributed by atoms with E-state index in [9.17, 15) is 19.5 Å². The maximum absolute atomic E-state index is 13.0. The average molecular weight is 470 g/mol. The molecule has 11 nitrogen and oxygen atoms in total. The molecule has 0 spiro atoms. The summed E-state index contributed by atoms with van der Waals surface area (Å²) in [5.41, 5.74) is 5.87. The van der Waals surface area contributed by atoms with Crippen molar-refractivity contribution < 1.29 is 29.1 Å². The second-order valence-corrected chi connectivity index (χ2v) is 10.6. The van der Waals surface area contributed by atoms with Gasteiger partial charge in [0.25, 0.3) is 5.91 Å². The third-order valence-electron chi connectivity index (χ3n) is 5.40. The first-order chi connectivity index (χ1) is 14.7. The van der Waals surface area contributed by atoms with Crippen LogP contribution in [0.1, 0.15) is 32.4 Å². The molecule has 3 aliphatic rings. The molecule has 2 amide bonds. The zero-order valence-electron chi connectivity index (χ0n) is 16.9. The van der Waals surface area contributed by atoms with Crippen LogP contribution in [0.2, 0.25) is 0 Å². The topological polar surface area (TPSA) is 156 Å². The zero-order chi connectivity index (χ0) is 22.3. The van der Waals surface area contributed by atoms with E-state index in [1.165, 1.54) is 16.7 Å². The Hall–Kier alpha value is -2.38. The predicted molar refractivity (Wildman–Crippen MR) is 114 cm³/mol. The van der Waals surface area contributed by atoms with Crippen LogP contribution < -0.4 is 11.1 Å². The minimum atomic E-state index is -1.07. The van der Waals surface area contributed by atoms with Gasteiger partial charge in [-0.3, -0.25) is 9.59 Å². The number of fused-ring (bicyclic) bond motifs is 1. The van der Waals surface area contributed by atoms with Gasteiger partial charge in [0.15, 0.2) is 10.8 Å². The van der Waals surface area contributed by atoms with Crippen molar-refractivity contribution in [3.8, 4) is 0 Å². The number of rotatable bonds is 6. The Labute approximate surface area is 186 Å². The standard InChI is InChI=1S/C18H23N5O6S2/c1-18(2)12(16(26)27)23-14(25)11(15(23)31-18)21-13(24)10(9-7-30-17(19)20-9)22-29-8-3-5-28-6-4-8/h7-8,11-12,15H,3-6H2,1-2H3,(H2,19,20)(H,21,24)(H,26,27)/b22-10-/t11-,12-,15+/m0/s1. The molecule has 3 fully saturated rings. The second kappa shape index (κ2) is 8.28. The third-order valence-corrected chi connectivity index (χ3v) is 7.65. The van der Waals surface area contributed by atoms with Gasteiger partial charge in [0.2, 0.25) is 5.91 Å². The number of nitrogens with one attached hydrogen (secondary N) is 1. The maximum atomic E-state index is 13.0. The first kappa shape index (κ1) is 21.8. The van der Waals surface area contributed by atoms with Gasteiger partial charge in [0.05, 0.1) is 13.2 Å². The Balaban J connectivity index is 1.50. The number of oxime groups is 1. The van der Waals surface area contributed by atoms with Crippen molar-refractivity contribution in [3.63, 3.8) is 0 Å². The smallest absolute Gasteiger partial charge is 0.327 e. The second-order valence-electron chi connectivity index (χ2n) is 7.98. The molecule has 0 unspecified atom stereocenters. The van der Waals surface area contributed by atoms with Crippen molar-refractivity contribution in [2.24, 2.45) is 5.16 Å². The van der Waals surface area contributed by atoms with Crippen molar-refractivity contribution in [2.75, 3.05) is 18.9 Å². The van der Waals surface area contributed by atoms with Crippen molar-refractivity contribution in [3.05, 3.63) is 11.1 Å². The summed E-state index contributed by atoms with van der Waals surface area (Å²) in [6.45, 7) is 4.65. The number of carbonyl (C=O) groups is 3. The van der Waals surface area contributed by atoms with E-state index >= 15 is 0 Å². The molecule has 3 atom stereocenters. The summed E-state index contributed by atoms with van der Waals surface area (Å²) < 4.78 is 4.61. The van der Waals surface area contributed by atoms with Crippen LogP contribution in [0.15, 0.2) is 10.5 Å². The number of ether oxygens (including phenoxy) is 1. The van der Waals surface area contributed by atoms with Crippen molar-refractivity contribution in [2.45, 2.75) is 55.0 Å². The molecule has 4 rings (SSSR count). The number of nitrogens with zero attached hydrogens (tertiary/aromatic N) is 3. The van der Waals surface area contributed by atoms with Gasteiger partial charge in [-0.05, 0) is 13.8 Å². The number of carboxylic acid groups (broad SMARTS) is 1. The molecule has 4 heterocycles. The maximum Gasteiger partial charge on any atom is 0.327 e. The number of nitrogens with two attached hydrogens (primary N) is 1. The molecule has 0 aliphatic carbocycles. The molecular weight excluding hydrogens is 446 g/mol. The van der Waals surface area contributed by atoms with Gasteiger partial charge < -0.3 is 30.6 Å². The van der Waals surface area contributed by atoms with Crippen LogP contribution in [0.3, 0.4) is 0 Å². The van der Waals surface area contributed by atoms with Gasteiger partial charge in [0, 0.05) is 23.0 Å². The molecule has 3 saturated heterocycles. The lowest BCUT2D eigenvalue weighted by Crippen LogP contribution is -2.71. The highest BCUT2D eigenvalue weighted by atomic mass is 32.2. The highest BCUT2D eigenvalue weighted by Crippen LogP contribution is 2.50. The molecule has 4 N–H and O–H groups in total. The molecule has 31 heavy (non-hydrogen) atoms. The lowest BCUT2D eigenvalue weighted by atomic mass is 9.96. The fraction of sp³-hybridized carbons (Fsp3) is 0.611. The van der Waals surface area contributed by atoms with Crippen molar-refractivity contribution >= 4 is 51.7 Å². The summed E-state index contributed by atoms with van der Waals surface area (Å²) in [6, 6.07) is -1.81. The summed E-state index contributed by atoms with van der Waals surface area (Å²) in [4.78, 5) is 48.3. The summed E-state index contributed by atoms with van der Waals surface area (Å²) in [5, 5.41) is 17.6. The molecular formula is C18H23N5O6S2. The fourth-order valence-corrected chi connectivity index (χ4v) is 6.04. The highest BCUT2D eigenvalue weighted by molar-refractivity contribution is 8.01. The van der Waals surface area contributed by atoms with E-state index in [-0.39, 0.29) is 22.6 Å². The monoisotopic (exact) mass is 469 g/mol. The molecule has 13 heteroatoms. The van der Waals surface area contributed by atoms with Crippen LogP contribution in [0.25, 0.3) is 0 Å². The number of β-lactam (4-membered cyclic amide) rings is 1. The summed E-state index contributed by atoms with van der Waals surface area (Å²) in [6.07, 6.45) is 1.12. The van der Waals surface area contributed by atoms with Crippen LogP contribution in [-0.4, -0.2) is 80.0 Å². The number of anilines is 1. The average Bonchev–Trinajstić information content (AvgIpc) is 3.25. The summed E-state index contributed by atoms with van der Waals surface area (Å²) in [7, 11) is 0. The molecule has 3 aliphatic heterocycles. The lowest BCUT2D eigenvalue weighted by Gasteiger charge is -2.43. The van der Waals surface area contributed by atoms with Crippen molar-refractivity contribution in [1.82, 2.24) is 15.2 Å². The lowest BCUT2D eigenvalue weighted by molar-refractivity contribution is -0.160. The molecule has 0 bridgehead atoms. The van der Waals surface area contributed by atoms with E-state index in [4.69, 9.17) is 15.3 Å². The minimum absolute atomic E-state index is 0.0808. The molecule has 168 valence electrons. The van der Waals surface area contributed by atoms with Crippen LogP contribution in [0.4, 0.5) is 5.13 Å². The number of thiazole rings is 1. The quantitative estimate of drug-likeness (QED) is 0.302. The number of carboxylic acids is 1. The number of nitrogen functional groups attached to an aromatic ring is 1. The SMILES string of the molecule is CC1(C)S[C@@H]2[C@@H](NC(=O)/C(=N\OC3CCOCC3)c3csc(N)n3)C(=O)N2[C@H]1C(=O)O. The van der Waals surface area contributed by atoms with E-state index < -0.39 is 40.0 Å². The van der Waals surface area contributed by atoms with E-state index in [0.717, 1.165) is 11.3 Å². The number of hydrogen-bond acceptors (Lipinski definition) is 10. The first-order valence-corrected chi connectivity index (χ1v) is 11.5. The largest absolute Gasteiger partial charge is 0.480 e. The number of aliphatic carboxylic acids is 1. The first-order valence-electron chi connectivity index (χ1n) is 9.75. The van der Waals surface area contributed by atoms with Crippen molar-refractivity contribution in [1.29, 1.82) is 0 Å². The Morgan fingerprint density at radius 3 is 2.74 bits per heavy atom. The Morgan fingerprint density at radius 1 is 1.42 bits per heavy atom. The number of hydrogen-bond donors (Lipinski definition) is 3. The van der Waals surface area contributed by atoms with Crippen LogP contribution >= 0.6 is 23.1 Å². The fourth-order valence-electron chi connectivity index (χ4n) is 3.86. The molecule has 1 aromatic rings. The molecule has 0 saturated carbocycles. The van der Waals surface area contributed by atoms with E-state index in [2.05, 4.69) is 15.5 Å². The number of aromatic nitrogens is 1. The number of thioether (sulfide) groups is 1. The van der Waals surface area contributed by atoms with E-state index in [1.54, 1.807) is 19.2 Å². The van der Waals surface area contributed by atoms with Crippen LogP contribution in [-0.2, 0) is 24.0 Å². The summed E-state index contributed by atoms with van der Waals surface area (Å²) >= 11 is 2.50. The van der Waals surface area contributed by atoms with Gasteiger partial charge in [-0.25, -0.2) is 9.78 Å². The van der Waals surface area contributed by atoms with E-state index in [1.807, 2.05) is 0 Å². The van der Waals surface area contributed by atoms with Crippen LogP contribution in [0, 0.1) is 0 Å². The zero-order valence-corrected chi connectivity index (χ0v) is 18.6. The van der Waals surface area contributed by atoms with Gasteiger partial charge in [-0.2, -0.15) is 0 Å². The number of carbonyl (C=O) groups excluding carboxylic acids is 2. The minimum Gasteiger partial charge on any atom is -0.480 e. The Kier molecular flexibility index (Phi) is 5.83. The Bertz CT molecular complexity index is 928.